The third-order valence-electron chi connectivity index (χ3n) is 5.07. The minimum atomic E-state index is 0.211. The molecule has 7 nitrogen and oxygen atoms in total. The van der Waals surface area contributed by atoms with Gasteiger partial charge < -0.3 is 14.3 Å². The molecular formula is C22H25N5O2S. The number of amides is 1. The van der Waals surface area contributed by atoms with E-state index in [1.165, 1.54) is 5.56 Å². The Labute approximate surface area is 180 Å². The summed E-state index contributed by atoms with van der Waals surface area (Å²) in [7, 11) is 0. The van der Waals surface area contributed by atoms with Gasteiger partial charge in [-0.1, -0.05) is 42.4 Å². The minimum Gasteiger partial charge on any atom is -0.353 e. The fraction of sp³-hybridized carbons (Fsp3) is 0.364. The second-order valence-corrected chi connectivity index (χ2v) is 8.10. The number of nitrogens with zero attached hydrogens (tertiary/aromatic N) is 5. The molecule has 1 amide bonds. The number of aromatic nitrogens is 3. The number of hydrogen-bond acceptors (Lipinski definition) is 7. The number of benzene rings is 1. The van der Waals surface area contributed by atoms with Gasteiger partial charge in [0, 0.05) is 50.1 Å². The largest absolute Gasteiger partial charge is 0.353 e. The van der Waals surface area contributed by atoms with Crippen LogP contribution < -0.4 is 4.90 Å². The van der Waals surface area contributed by atoms with Gasteiger partial charge in [0.05, 0.1) is 5.75 Å². The van der Waals surface area contributed by atoms with Crippen molar-refractivity contribution in [2.75, 3.05) is 36.8 Å². The molecule has 156 valence electrons. The Balaban J connectivity index is 1.25. The summed E-state index contributed by atoms with van der Waals surface area (Å²) in [5.74, 6) is 3.69. The van der Waals surface area contributed by atoms with E-state index in [4.69, 9.17) is 4.52 Å². The average Bonchev–Trinajstić information content (AvgIpc) is 3.29. The number of pyridine rings is 1. The lowest BCUT2D eigenvalue weighted by molar-refractivity contribution is -0.128. The molecule has 30 heavy (non-hydrogen) atoms. The number of carbonyl (C=O) groups excluding carboxylic acids is 1. The predicted octanol–water partition coefficient (Wildman–Crippen LogP) is 3.28. The molecule has 0 N–H and O–H groups in total. The maximum absolute atomic E-state index is 12.5. The Morgan fingerprint density at radius 3 is 2.57 bits per heavy atom. The molecule has 3 heterocycles. The number of thioether (sulfide) groups is 1. The van der Waals surface area contributed by atoms with Crippen molar-refractivity contribution in [3.8, 4) is 11.4 Å². The molecule has 8 heteroatoms. The van der Waals surface area contributed by atoms with Crippen LogP contribution in [-0.2, 0) is 17.0 Å². The van der Waals surface area contributed by atoms with E-state index in [-0.39, 0.29) is 5.91 Å². The molecule has 2 aromatic heterocycles. The molecule has 4 rings (SSSR count). The number of piperazine rings is 1. The molecule has 1 aliphatic rings. The first-order valence-electron chi connectivity index (χ1n) is 10.2. The van der Waals surface area contributed by atoms with E-state index in [1.54, 1.807) is 18.0 Å². The number of aryl methyl sites for hydroxylation is 1. The summed E-state index contributed by atoms with van der Waals surface area (Å²) in [5.41, 5.74) is 2.09. The normalized spacial score (nSPS) is 14.2. The maximum Gasteiger partial charge on any atom is 0.232 e. The van der Waals surface area contributed by atoms with Gasteiger partial charge in [0.15, 0.2) is 0 Å². The topological polar surface area (TPSA) is 75.4 Å². The van der Waals surface area contributed by atoms with Crippen molar-refractivity contribution < 1.29 is 9.32 Å². The molecular weight excluding hydrogens is 398 g/mol. The smallest absolute Gasteiger partial charge is 0.232 e. The van der Waals surface area contributed by atoms with Gasteiger partial charge >= 0.3 is 0 Å². The number of carbonyl (C=O) groups is 1. The van der Waals surface area contributed by atoms with Crippen molar-refractivity contribution in [1.82, 2.24) is 20.0 Å². The molecule has 0 atom stereocenters. The van der Waals surface area contributed by atoms with Gasteiger partial charge in [-0.25, -0.2) is 4.98 Å². The number of hydrogen-bond donors (Lipinski definition) is 0. The zero-order valence-corrected chi connectivity index (χ0v) is 17.8. The van der Waals surface area contributed by atoms with Crippen LogP contribution in [0.5, 0.6) is 0 Å². The zero-order valence-electron chi connectivity index (χ0n) is 17.0. The van der Waals surface area contributed by atoms with Crippen LogP contribution in [0.15, 0.2) is 53.2 Å². The predicted molar refractivity (Wildman–Crippen MR) is 118 cm³/mol. The summed E-state index contributed by atoms with van der Waals surface area (Å²) in [4.78, 5) is 25.6. The molecule has 0 unspecified atom stereocenters. The Bertz CT molecular complexity index is 953. The molecule has 1 saturated heterocycles. The van der Waals surface area contributed by atoms with E-state index in [2.05, 4.69) is 32.2 Å². The van der Waals surface area contributed by atoms with Crippen LogP contribution in [0.2, 0.25) is 0 Å². The summed E-state index contributed by atoms with van der Waals surface area (Å²) in [6, 6.07) is 14.2. The first-order chi connectivity index (χ1) is 14.7. The monoisotopic (exact) mass is 423 g/mol. The van der Waals surface area contributed by atoms with Crippen molar-refractivity contribution >= 4 is 23.5 Å². The summed E-state index contributed by atoms with van der Waals surface area (Å²) in [6.45, 7) is 4.98. The van der Waals surface area contributed by atoms with Gasteiger partial charge in [-0.2, -0.15) is 4.98 Å². The first kappa shape index (κ1) is 20.4. The van der Waals surface area contributed by atoms with Crippen molar-refractivity contribution in [3.63, 3.8) is 0 Å². The second kappa shape index (κ2) is 9.75. The maximum atomic E-state index is 12.5. The zero-order chi connectivity index (χ0) is 20.8. The molecule has 0 spiro atoms. The van der Waals surface area contributed by atoms with Crippen LogP contribution >= 0.6 is 11.8 Å². The lowest BCUT2D eigenvalue weighted by Gasteiger charge is -2.35. The van der Waals surface area contributed by atoms with E-state index in [0.29, 0.717) is 23.9 Å². The highest BCUT2D eigenvalue weighted by molar-refractivity contribution is 7.99. The second-order valence-electron chi connectivity index (χ2n) is 7.12. The fourth-order valence-electron chi connectivity index (χ4n) is 3.33. The molecule has 1 aromatic carbocycles. The van der Waals surface area contributed by atoms with Crippen molar-refractivity contribution in [1.29, 1.82) is 0 Å². The van der Waals surface area contributed by atoms with E-state index in [1.807, 2.05) is 42.2 Å². The van der Waals surface area contributed by atoms with Gasteiger partial charge in [-0.15, -0.1) is 11.8 Å². The SMILES string of the molecule is CCc1nc(-c2ccc(N3CCN(C(=O)CSCc4ccccc4)CC3)nc2)no1. The van der Waals surface area contributed by atoms with Crippen molar-refractivity contribution in [3.05, 3.63) is 60.1 Å². The molecule has 1 fully saturated rings. The average molecular weight is 424 g/mol. The van der Waals surface area contributed by atoms with E-state index >= 15 is 0 Å². The van der Waals surface area contributed by atoms with Gasteiger partial charge in [0.1, 0.15) is 5.82 Å². The quantitative estimate of drug-likeness (QED) is 0.577. The highest BCUT2D eigenvalue weighted by Gasteiger charge is 2.22. The van der Waals surface area contributed by atoms with Gasteiger partial charge in [-0.05, 0) is 17.7 Å². The summed E-state index contributed by atoms with van der Waals surface area (Å²) in [6.07, 6.45) is 2.49. The van der Waals surface area contributed by atoms with Crippen LogP contribution in [-0.4, -0.2) is 57.9 Å². The molecule has 0 radical (unpaired) electrons. The first-order valence-corrected chi connectivity index (χ1v) is 11.3. The van der Waals surface area contributed by atoms with Crippen LogP contribution in [0.25, 0.3) is 11.4 Å². The van der Waals surface area contributed by atoms with E-state index < -0.39 is 0 Å². The van der Waals surface area contributed by atoms with E-state index in [0.717, 1.165) is 43.3 Å². The summed E-state index contributed by atoms with van der Waals surface area (Å²) < 4.78 is 5.16. The third-order valence-corrected chi connectivity index (χ3v) is 6.06. The highest BCUT2D eigenvalue weighted by atomic mass is 32.2. The Hall–Kier alpha value is -2.87. The van der Waals surface area contributed by atoms with Crippen LogP contribution in [0, 0.1) is 0 Å². The summed E-state index contributed by atoms with van der Waals surface area (Å²) >= 11 is 1.67. The number of rotatable bonds is 7. The lowest BCUT2D eigenvalue weighted by Crippen LogP contribution is -2.49. The molecule has 0 aliphatic carbocycles. The molecule has 1 aliphatic heterocycles. The molecule has 0 saturated carbocycles. The molecule has 0 bridgehead atoms. The summed E-state index contributed by atoms with van der Waals surface area (Å²) in [5, 5.41) is 3.99. The minimum absolute atomic E-state index is 0.211. The van der Waals surface area contributed by atoms with Gasteiger partial charge in [-0.3, -0.25) is 4.79 Å². The fourth-order valence-corrected chi connectivity index (χ4v) is 4.22. The lowest BCUT2D eigenvalue weighted by atomic mass is 10.2. The van der Waals surface area contributed by atoms with Crippen molar-refractivity contribution in [2.24, 2.45) is 0 Å². The van der Waals surface area contributed by atoms with Gasteiger partial charge in [0.2, 0.25) is 17.6 Å². The highest BCUT2D eigenvalue weighted by Crippen LogP contribution is 2.20. The molecule has 3 aromatic rings. The Morgan fingerprint density at radius 1 is 1.10 bits per heavy atom. The van der Waals surface area contributed by atoms with Crippen molar-refractivity contribution in [2.45, 2.75) is 19.1 Å². The Morgan fingerprint density at radius 2 is 1.90 bits per heavy atom. The van der Waals surface area contributed by atoms with Crippen LogP contribution in [0.4, 0.5) is 5.82 Å². The Kier molecular flexibility index (Phi) is 6.63. The van der Waals surface area contributed by atoms with Crippen LogP contribution in [0.3, 0.4) is 0 Å². The van der Waals surface area contributed by atoms with Gasteiger partial charge in [0.25, 0.3) is 0 Å². The number of anilines is 1. The van der Waals surface area contributed by atoms with Crippen LogP contribution in [0.1, 0.15) is 18.4 Å². The third kappa shape index (κ3) is 4.99. The van der Waals surface area contributed by atoms with E-state index in [9.17, 15) is 4.79 Å². The standard InChI is InChI=1S/C22H25N5O2S/c1-2-20-24-22(25-29-20)18-8-9-19(23-14-18)26-10-12-27(13-11-26)21(28)16-30-15-17-6-4-3-5-7-17/h3-9,14H,2,10-13,15-16H2,1H3.